The Kier molecular flexibility index (Phi) is 7.30. The first-order valence-corrected chi connectivity index (χ1v) is 5.93. The molecule has 0 amide bonds. The summed E-state index contributed by atoms with van der Waals surface area (Å²) in [6, 6.07) is 0. The van der Waals surface area contributed by atoms with Gasteiger partial charge in [-0.05, 0) is 19.3 Å². The van der Waals surface area contributed by atoms with Crippen LogP contribution in [0.1, 0.15) is 19.3 Å². The van der Waals surface area contributed by atoms with Crippen molar-refractivity contribution in [3.8, 4) is 0 Å². The lowest BCUT2D eigenvalue weighted by molar-refractivity contribution is -0.0669. The van der Waals surface area contributed by atoms with Crippen LogP contribution in [0.5, 0.6) is 0 Å². The van der Waals surface area contributed by atoms with Crippen molar-refractivity contribution in [3.63, 3.8) is 0 Å². The third-order valence-corrected chi connectivity index (χ3v) is 3.45. The topological polar surface area (TPSA) is 18.5 Å². The zero-order chi connectivity index (χ0) is 11.7. The van der Waals surface area contributed by atoms with Gasteiger partial charge in [0.15, 0.2) is 0 Å². The summed E-state index contributed by atoms with van der Waals surface area (Å²) in [6.45, 7) is 11.3. The fourth-order valence-electron chi connectivity index (χ4n) is 1.81. The van der Waals surface area contributed by atoms with Gasteiger partial charge in [0.25, 0.3) is 0 Å². The number of hydrogen-bond donors (Lipinski definition) is 0. The molecule has 0 aliphatic heterocycles. The smallest absolute Gasteiger partial charge is 0.146 e. The molecule has 0 N–H and O–H groups in total. The van der Waals surface area contributed by atoms with E-state index in [1.807, 2.05) is 18.2 Å². The van der Waals surface area contributed by atoms with Crippen molar-refractivity contribution in [2.24, 2.45) is 0 Å². The number of rotatable bonds is 9. The molecule has 0 spiro atoms. The fraction of sp³-hybridized carbons (Fsp3) is 0.500. The van der Waals surface area contributed by atoms with Crippen LogP contribution in [0, 0.1) is 0 Å². The second kappa shape index (κ2) is 7.62. The summed E-state index contributed by atoms with van der Waals surface area (Å²) in [4.78, 5) is 0. The third kappa shape index (κ3) is 3.78. The van der Waals surface area contributed by atoms with Gasteiger partial charge in [0, 0.05) is 7.11 Å². The monoisotopic (exact) mass is 226 g/mol. The molecule has 0 saturated heterocycles. The molecule has 2 nitrogen and oxygen atoms in total. The molecule has 0 saturated carbocycles. The molecule has 0 rings (SSSR count). The number of methoxy groups -OCH3 is 1. The Morgan fingerprint density at radius 3 is 2.00 bits per heavy atom. The van der Waals surface area contributed by atoms with E-state index in [2.05, 4.69) is 19.7 Å². The Labute approximate surface area is 96.2 Å². The summed E-state index contributed by atoms with van der Waals surface area (Å²) >= 11 is 0. The molecule has 0 aliphatic rings. The average molecular weight is 226 g/mol. The first-order chi connectivity index (χ1) is 7.20. The predicted molar refractivity (Wildman–Crippen MR) is 69.0 cm³/mol. The van der Waals surface area contributed by atoms with E-state index in [1.54, 1.807) is 7.11 Å². The van der Waals surface area contributed by atoms with Crippen LogP contribution in [-0.4, -0.2) is 29.3 Å². The lowest BCUT2D eigenvalue weighted by Gasteiger charge is -2.38. The summed E-state index contributed by atoms with van der Waals surface area (Å²) in [7, 11) is 2.38. The first kappa shape index (κ1) is 14.4. The second-order valence-corrected chi connectivity index (χ2v) is 3.91. The lowest BCUT2D eigenvalue weighted by atomic mass is 9.87. The summed E-state index contributed by atoms with van der Waals surface area (Å²) in [5.41, 5.74) is -0.307. The van der Waals surface area contributed by atoms with E-state index in [4.69, 9.17) is 9.16 Å². The van der Waals surface area contributed by atoms with Gasteiger partial charge in [-0.3, -0.25) is 0 Å². The van der Waals surface area contributed by atoms with E-state index in [-0.39, 0.29) is 11.7 Å². The maximum atomic E-state index is 5.75. The van der Waals surface area contributed by atoms with E-state index in [0.717, 1.165) is 19.3 Å². The van der Waals surface area contributed by atoms with Gasteiger partial charge in [-0.15, -0.1) is 19.7 Å². The van der Waals surface area contributed by atoms with Gasteiger partial charge in [-0.1, -0.05) is 18.2 Å². The normalized spacial score (nSPS) is 13.4. The third-order valence-electron chi connectivity index (χ3n) is 2.64. The zero-order valence-corrected chi connectivity index (χ0v) is 11.9. The molecule has 3 heteroatoms. The Morgan fingerprint density at radius 1 is 1.20 bits per heavy atom. The average Bonchev–Trinajstić information content (AvgIpc) is 2.25. The Bertz CT molecular complexity index is 204. The zero-order valence-electron chi connectivity index (χ0n) is 9.87. The molecule has 0 radical (unpaired) electrons. The molecule has 0 fully saturated rings. The van der Waals surface area contributed by atoms with Crippen molar-refractivity contribution in [3.05, 3.63) is 38.0 Å². The molecular weight excluding hydrogens is 204 g/mol. The number of ether oxygens (including phenoxy) is 1. The highest BCUT2D eigenvalue weighted by atomic mass is 28.2. The van der Waals surface area contributed by atoms with Gasteiger partial charge in [0.1, 0.15) is 10.5 Å². The lowest BCUT2D eigenvalue weighted by Crippen LogP contribution is -2.44. The van der Waals surface area contributed by atoms with Crippen molar-refractivity contribution in [1.29, 1.82) is 0 Å². The van der Waals surface area contributed by atoms with E-state index in [1.165, 1.54) is 0 Å². The highest BCUT2D eigenvalue weighted by Crippen LogP contribution is 2.29. The summed E-state index contributed by atoms with van der Waals surface area (Å²) in [5.74, 6) is 0. The molecule has 0 aromatic rings. The van der Waals surface area contributed by atoms with Gasteiger partial charge >= 0.3 is 0 Å². The summed E-state index contributed by atoms with van der Waals surface area (Å²) in [5, 5.41) is 0. The molecule has 86 valence electrons. The van der Waals surface area contributed by atoms with Crippen LogP contribution in [0.3, 0.4) is 0 Å². The van der Waals surface area contributed by atoms with Crippen LogP contribution in [0.2, 0.25) is 0 Å². The SMILES string of the molecule is C=CCC(OC)C(CC=C)(CC=C)O[SiH3]. The Balaban J connectivity index is 4.87. The van der Waals surface area contributed by atoms with Crippen molar-refractivity contribution >= 4 is 10.5 Å². The quantitative estimate of drug-likeness (QED) is 0.441. The number of hydrogen-bond acceptors (Lipinski definition) is 2. The van der Waals surface area contributed by atoms with E-state index < -0.39 is 0 Å². The van der Waals surface area contributed by atoms with Crippen LogP contribution < -0.4 is 0 Å². The van der Waals surface area contributed by atoms with Crippen molar-refractivity contribution in [2.75, 3.05) is 7.11 Å². The van der Waals surface area contributed by atoms with E-state index >= 15 is 0 Å². The molecule has 0 aromatic heterocycles. The maximum Gasteiger partial charge on any atom is 0.146 e. The molecule has 1 atom stereocenters. The van der Waals surface area contributed by atoms with Crippen LogP contribution in [0.4, 0.5) is 0 Å². The molecule has 0 aliphatic carbocycles. The molecular formula is C12H22O2Si. The molecule has 1 unspecified atom stereocenters. The molecule has 15 heavy (non-hydrogen) atoms. The molecule has 0 heterocycles. The van der Waals surface area contributed by atoms with Crippen LogP contribution in [-0.2, 0) is 9.16 Å². The van der Waals surface area contributed by atoms with Crippen LogP contribution in [0.25, 0.3) is 0 Å². The highest BCUT2D eigenvalue weighted by molar-refractivity contribution is 5.98. The Morgan fingerprint density at radius 2 is 1.73 bits per heavy atom. The van der Waals surface area contributed by atoms with E-state index in [9.17, 15) is 0 Å². The summed E-state index contributed by atoms with van der Waals surface area (Å²) in [6.07, 6.45) is 7.94. The van der Waals surface area contributed by atoms with Crippen molar-refractivity contribution in [2.45, 2.75) is 31.0 Å². The fourth-order valence-corrected chi connectivity index (χ4v) is 2.41. The van der Waals surface area contributed by atoms with Gasteiger partial charge < -0.3 is 9.16 Å². The van der Waals surface area contributed by atoms with Gasteiger partial charge in [0.05, 0.1) is 11.7 Å². The first-order valence-electron chi connectivity index (χ1n) is 5.11. The standard InChI is InChI=1S/C12H22O2Si/c1-5-8-11(13-4)12(14-15,9-6-2)10-7-3/h5-7,11H,1-3,8-10H2,4,15H3. The predicted octanol–water partition coefficient (Wildman–Crippen LogP) is 1.77. The van der Waals surface area contributed by atoms with Gasteiger partial charge in [-0.2, -0.15) is 0 Å². The second-order valence-electron chi connectivity index (χ2n) is 3.50. The van der Waals surface area contributed by atoms with Crippen LogP contribution >= 0.6 is 0 Å². The highest BCUT2D eigenvalue weighted by Gasteiger charge is 2.35. The van der Waals surface area contributed by atoms with Gasteiger partial charge in [-0.25, -0.2) is 0 Å². The van der Waals surface area contributed by atoms with Gasteiger partial charge in [0.2, 0.25) is 0 Å². The maximum absolute atomic E-state index is 5.75. The molecule has 0 aromatic carbocycles. The van der Waals surface area contributed by atoms with Crippen molar-refractivity contribution < 1.29 is 9.16 Å². The van der Waals surface area contributed by atoms with Crippen molar-refractivity contribution in [1.82, 2.24) is 0 Å². The summed E-state index contributed by atoms with van der Waals surface area (Å²) < 4.78 is 11.2. The minimum atomic E-state index is -0.307. The Hall–Kier alpha value is -0.643. The largest absolute Gasteiger partial charge is 0.419 e. The minimum absolute atomic E-state index is 0.0171. The molecule has 0 bridgehead atoms. The minimum Gasteiger partial charge on any atom is -0.419 e. The van der Waals surface area contributed by atoms with Crippen LogP contribution in [0.15, 0.2) is 38.0 Å². The van der Waals surface area contributed by atoms with E-state index in [0.29, 0.717) is 10.5 Å².